The van der Waals surface area contributed by atoms with E-state index in [1.165, 1.54) is 9.80 Å². The Morgan fingerprint density at radius 1 is 1.18 bits per heavy atom. The number of nitrogens with zero attached hydrogens (tertiary/aromatic N) is 2. The summed E-state index contributed by atoms with van der Waals surface area (Å²) < 4.78 is 5.77. The average molecular weight is 459 g/mol. The molecule has 2 fully saturated rings. The van der Waals surface area contributed by atoms with E-state index in [9.17, 15) is 19.5 Å². The third kappa shape index (κ3) is 3.04. The molecule has 174 valence electrons. The van der Waals surface area contributed by atoms with Gasteiger partial charge in [0.1, 0.15) is 5.76 Å². The van der Waals surface area contributed by atoms with Crippen molar-refractivity contribution in [3.05, 3.63) is 83.4 Å². The lowest BCUT2D eigenvalue weighted by molar-refractivity contribution is -0.145. The van der Waals surface area contributed by atoms with Crippen molar-refractivity contribution in [1.29, 1.82) is 0 Å². The second-order valence-corrected chi connectivity index (χ2v) is 8.90. The maximum absolute atomic E-state index is 14.2. The smallest absolute Gasteiger partial charge is 0.296 e. The van der Waals surface area contributed by atoms with E-state index in [1.54, 1.807) is 54.6 Å². The standard InChI is InChI=1S/C27H26N2O5/c1-3-14-28-21-9-5-4-8-20(21)27(26(28)33)22(23(30)18-12-10-17(2)11-13-18)24(31)25(32)29(27)16-19-7-6-15-34-19/h3-5,8-13,19,30H,1,6-7,14-16H2,2H3/t19-,27-/m1/s1. The van der Waals surface area contributed by atoms with Gasteiger partial charge in [-0.2, -0.15) is 0 Å². The van der Waals surface area contributed by atoms with Crippen LogP contribution in [-0.2, 0) is 24.7 Å². The highest BCUT2D eigenvalue weighted by Crippen LogP contribution is 2.53. The molecule has 7 nitrogen and oxygen atoms in total. The minimum atomic E-state index is -1.77. The highest BCUT2D eigenvalue weighted by atomic mass is 16.5. The Morgan fingerprint density at radius 3 is 2.59 bits per heavy atom. The second-order valence-electron chi connectivity index (χ2n) is 8.90. The predicted octanol–water partition coefficient (Wildman–Crippen LogP) is 3.28. The van der Waals surface area contributed by atoms with Crippen molar-refractivity contribution in [3.8, 4) is 0 Å². The fraction of sp³-hybridized carbons (Fsp3) is 0.296. The number of aryl methyl sites for hydroxylation is 1. The van der Waals surface area contributed by atoms with E-state index in [0.717, 1.165) is 18.4 Å². The number of rotatable bonds is 5. The Hall–Kier alpha value is -3.71. The maximum atomic E-state index is 14.2. The zero-order chi connectivity index (χ0) is 24.0. The Balaban J connectivity index is 1.79. The van der Waals surface area contributed by atoms with Gasteiger partial charge in [-0.25, -0.2) is 0 Å². The number of hydrogen-bond acceptors (Lipinski definition) is 5. The number of aliphatic hydroxyl groups excluding tert-OH is 1. The molecule has 3 aliphatic heterocycles. The van der Waals surface area contributed by atoms with Crippen LogP contribution in [0.5, 0.6) is 0 Å². The summed E-state index contributed by atoms with van der Waals surface area (Å²) in [6.07, 6.45) is 2.88. The van der Waals surface area contributed by atoms with Crippen LogP contribution in [0.25, 0.3) is 5.76 Å². The van der Waals surface area contributed by atoms with Crippen LogP contribution in [0.3, 0.4) is 0 Å². The van der Waals surface area contributed by atoms with Crippen molar-refractivity contribution >= 4 is 29.0 Å². The molecule has 2 saturated heterocycles. The molecule has 1 spiro atoms. The third-order valence-corrected chi connectivity index (χ3v) is 6.86. The summed E-state index contributed by atoms with van der Waals surface area (Å²) in [7, 11) is 0. The molecular weight excluding hydrogens is 432 g/mol. The first-order valence-corrected chi connectivity index (χ1v) is 11.4. The molecule has 3 aliphatic rings. The fourth-order valence-corrected chi connectivity index (χ4v) is 5.28. The highest BCUT2D eigenvalue weighted by Gasteiger charge is 2.67. The van der Waals surface area contributed by atoms with Crippen molar-refractivity contribution in [2.75, 3.05) is 24.6 Å². The van der Waals surface area contributed by atoms with Crippen molar-refractivity contribution in [1.82, 2.24) is 4.90 Å². The molecule has 0 aromatic heterocycles. The fourth-order valence-electron chi connectivity index (χ4n) is 5.28. The van der Waals surface area contributed by atoms with Crippen molar-refractivity contribution in [2.45, 2.75) is 31.4 Å². The molecule has 1 N–H and O–H groups in total. The number of Topliss-reactive ketones (excluding diaryl/α,β-unsaturated/α-hetero) is 1. The molecule has 5 rings (SSSR count). The molecule has 7 heteroatoms. The molecule has 34 heavy (non-hydrogen) atoms. The van der Waals surface area contributed by atoms with Crippen molar-refractivity contribution < 1.29 is 24.2 Å². The van der Waals surface area contributed by atoms with Crippen LogP contribution < -0.4 is 4.90 Å². The lowest BCUT2D eigenvalue weighted by Crippen LogP contribution is -2.53. The lowest BCUT2D eigenvalue weighted by atomic mass is 9.81. The summed E-state index contributed by atoms with van der Waals surface area (Å²) in [6, 6.07) is 14.1. The van der Waals surface area contributed by atoms with E-state index < -0.39 is 23.1 Å². The van der Waals surface area contributed by atoms with Gasteiger partial charge in [0.2, 0.25) is 0 Å². The van der Waals surface area contributed by atoms with E-state index in [2.05, 4.69) is 6.58 Å². The summed E-state index contributed by atoms with van der Waals surface area (Å²) >= 11 is 0. The Kier molecular flexibility index (Phi) is 5.37. The largest absolute Gasteiger partial charge is 0.507 e. The molecule has 0 aliphatic carbocycles. The summed E-state index contributed by atoms with van der Waals surface area (Å²) in [5.74, 6) is -2.51. The number of amides is 2. The van der Waals surface area contributed by atoms with Crippen LogP contribution in [0, 0.1) is 6.92 Å². The molecule has 0 radical (unpaired) electrons. The molecule has 0 unspecified atom stereocenters. The van der Waals surface area contributed by atoms with Gasteiger partial charge in [-0.1, -0.05) is 54.1 Å². The molecular formula is C27H26N2O5. The van der Waals surface area contributed by atoms with Gasteiger partial charge in [0.05, 0.1) is 17.4 Å². The summed E-state index contributed by atoms with van der Waals surface area (Å²) in [5.41, 5.74) is 0.448. The van der Waals surface area contributed by atoms with E-state index in [1.807, 2.05) is 6.92 Å². The van der Waals surface area contributed by atoms with Crippen molar-refractivity contribution in [2.24, 2.45) is 0 Å². The molecule has 0 bridgehead atoms. The summed E-state index contributed by atoms with van der Waals surface area (Å²) in [6.45, 7) is 6.52. The van der Waals surface area contributed by atoms with E-state index in [-0.39, 0.29) is 30.5 Å². The second kappa shape index (κ2) is 8.25. The van der Waals surface area contributed by atoms with Gasteiger partial charge in [0.15, 0.2) is 5.54 Å². The number of likely N-dealkylation sites (tertiary alicyclic amines) is 1. The number of carbonyl (C=O) groups excluding carboxylic acids is 3. The van der Waals surface area contributed by atoms with E-state index in [4.69, 9.17) is 4.74 Å². The number of carbonyl (C=O) groups is 3. The minimum Gasteiger partial charge on any atom is -0.507 e. The number of para-hydroxylation sites is 1. The first kappa shape index (κ1) is 22.1. The first-order chi connectivity index (χ1) is 16.4. The topological polar surface area (TPSA) is 87.2 Å². The molecule has 3 heterocycles. The number of aliphatic hydroxyl groups is 1. The van der Waals surface area contributed by atoms with Crippen molar-refractivity contribution in [3.63, 3.8) is 0 Å². The predicted molar refractivity (Wildman–Crippen MR) is 127 cm³/mol. The zero-order valence-electron chi connectivity index (χ0n) is 19.0. The highest BCUT2D eigenvalue weighted by molar-refractivity contribution is 6.50. The zero-order valence-corrected chi connectivity index (χ0v) is 19.0. The van der Waals surface area contributed by atoms with E-state index >= 15 is 0 Å². The Labute approximate surface area is 197 Å². The van der Waals surface area contributed by atoms with Gasteiger partial charge in [-0.3, -0.25) is 14.4 Å². The van der Waals surface area contributed by atoms with Crippen LogP contribution >= 0.6 is 0 Å². The third-order valence-electron chi connectivity index (χ3n) is 6.86. The molecule has 2 aromatic carbocycles. The normalized spacial score (nSPS) is 25.4. The van der Waals surface area contributed by atoms with Crippen LogP contribution in [0.2, 0.25) is 0 Å². The van der Waals surface area contributed by atoms with Gasteiger partial charge in [-0.15, -0.1) is 6.58 Å². The molecule has 2 amide bonds. The summed E-state index contributed by atoms with van der Waals surface area (Å²) in [4.78, 5) is 44.0. The van der Waals surface area contributed by atoms with Gasteiger partial charge in [0, 0.05) is 30.8 Å². The lowest BCUT2D eigenvalue weighted by Gasteiger charge is -2.35. The number of anilines is 1. The molecule has 0 saturated carbocycles. The SMILES string of the molecule is C=CCN1C(=O)[C@]2(C(=C(O)c3ccc(C)cc3)C(=O)C(=O)N2C[C@H]2CCCO2)c2ccccc21. The van der Waals surface area contributed by atoms with Gasteiger partial charge < -0.3 is 19.6 Å². The monoisotopic (exact) mass is 458 g/mol. The minimum absolute atomic E-state index is 0.0806. The number of ether oxygens (including phenoxy) is 1. The molecule has 2 atom stereocenters. The van der Waals surface area contributed by atoms with Crippen LogP contribution in [0.4, 0.5) is 5.69 Å². The number of hydrogen-bond donors (Lipinski definition) is 1. The Bertz CT molecular complexity index is 1230. The number of ketones is 1. The Morgan fingerprint density at radius 2 is 1.91 bits per heavy atom. The number of fused-ring (bicyclic) bond motifs is 2. The van der Waals surface area contributed by atoms with E-state index in [0.29, 0.717) is 23.4 Å². The average Bonchev–Trinajstić information content (AvgIpc) is 3.49. The van der Waals surface area contributed by atoms with Gasteiger partial charge >= 0.3 is 0 Å². The number of benzene rings is 2. The first-order valence-electron chi connectivity index (χ1n) is 11.4. The molecule has 2 aromatic rings. The van der Waals surface area contributed by atoms with Crippen LogP contribution in [0.15, 0.2) is 66.8 Å². The van der Waals surface area contributed by atoms with Crippen LogP contribution in [-0.4, -0.2) is 53.4 Å². The maximum Gasteiger partial charge on any atom is 0.296 e. The van der Waals surface area contributed by atoms with Gasteiger partial charge in [-0.05, 0) is 25.8 Å². The summed E-state index contributed by atoms with van der Waals surface area (Å²) in [5, 5.41) is 11.4. The van der Waals surface area contributed by atoms with Gasteiger partial charge in [0.25, 0.3) is 17.6 Å². The quantitative estimate of drug-likeness (QED) is 0.322. The van der Waals surface area contributed by atoms with Crippen LogP contribution in [0.1, 0.15) is 29.5 Å².